The lowest BCUT2D eigenvalue weighted by Gasteiger charge is -2.35. The molecule has 0 saturated heterocycles. The summed E-state index contributed by atoms with van der Waals surface area (Å²) in [6.07, 6.45) is 7.70. The van der Waals surface area contributed by atoms with E-state index in [0.717, 1.165) is 12.8 Å². The first-order valence-electron chi connectivity index (χ1n) is 7.26. The molecule has 0 spiro atoms. The molecule has 1 rings (SSSR count). The van der Waals surface area contributed by atoms with Crippen molar-refractivity contribution in [3.05, 3.63) is 0 Å². The molecule has 0 unspecified atom stereocenters. The zero-order valence-corrected chi connectivity index (χ0v) is 11.6. The largest absolute Gasteiger partial charge is 0.481 e. The molecule has 1 amide bonds. The van der Waals surface area contributed by atoms with Crippen molar-refractivity contribution in [1.29, 1.82) is 0 Å². The number of amides is 1. The SMILES string of the molecule is NCC1(CC(=O)NCCCCC(=O)O)CCCCC1. The van der Waals surface area contributed by atoms with Crippen molar-refractivity contribution in [3.8, 4) is 0 Å². The van der Waals surface area contributed by atoms with E-state index in [1.54, 1.807) is 0 Å². The van der Waals surface area contributed by atoms with Crippen LogP contribution in [0.15, 0.2) is 0 Å². The monoisotopic (exact) mass is 270 g/mol. The number of carboxylic acid groups (broad SMARTS) is 1. The second-order valence-corrected chi connectivity index (χ2v) is 5.64. The van der Waals surface area contributed by atoms with E-state index in [2.05, 4.69) is 5.32 Å². The molecule has 0 aromatic rings. The summed E-state index contributed by atoms with van der Waals surface area (Å²) in [5.74, 6) is -0.724. The van der Waals surface area contributed by atoms with Crippen molar-refractivity contribution in [2.45, 2.75) is 57.8 Å². The average molecular weight is 270 g/mol. The van der Waals surface area contributed by atoms with Crippen molar-refractivity contribution >= 4 is 11.9 Å². The summed E-state index contributed by atoms with van der Waals surface area (Å²) in [5, 5.41) is 11.4. The van der Waals surface area contributed by atoms with E-state index in [0.29, 0.717) is 32.4 Å². The van der Waals surface area contributed by atoms with Crippen LogP contribution in [0, 0.1) is 5.41 Å². The number of carboxylic acids is 1. The van der Waals surface area contributed by atoms with Gasteiger partial charge in [0.15, 0.2) is 0 Å². The third-order valence-electron chi connectivity index (χ3n) is 4.02. The quantitative estimate of drug-likeness (QED) is 0.585. The molecule has 110 valence electrons. The molecule has 0 bridgehead atoms. The van der Waals surface area contributed by atoms with Crippen LogP contribution in [-0.4, -0.2) is 30.1 Å². The van der Waals surface area contributed by atoms with E-state index in [4.69, 9.17) is 10.8 Å². The molecule has 5 nitrogen and oxygen atoms in total. The fourth-order valence-corrected chi connectivity index (χ4v) is 2.79. The lowest BCUT2D eigenvalue weighted by atomic mass is 9.71. The summed E-state index contributed by atoms with van der Waals surface area (Å²) in [4.78, 5) is 22.2. The second-order valence-electron chi connectivity index (χ2n) is 5.64. The first-order chi connectivity index (χ1) is 9.08. The molecule has 0 heterocycles. The predicted octanol–water partition coefficient (Wildman–Crippen LogP) is 1.66. The number of hydrogen-bond acceptors (Lipinski definition) is 3. The summed E-state index contributed by atoms with van der Waals surface area (Å²) in [6.45, 7) is 1.15. The Labute approximate surface area is 114 Å². The van der Waals surface area contributed by atoms with Crippen molar-refractivity contribution in [2.75, 3.05) is 13.1 Å². The van der Waals surface area contributed by atoms with Crippen molar-refractivity contribution < 1.29 is 14.7 Å². The number of rotatable bonds is 8. The lowest BCUT2D eigenvalue weighted by molar-refractivity contribution is -0.137. The molecular formula is C14H26N2O3. The predicted molar refractivity (Wildman–Crippen MR) is 73.7 cm³/mol. The average Bonchev–Trinajstić information content (AvgIpc) is 2.39. The molecule has 1 aliphatic rings. The number of carbonyl (C=O) groups excluding carboxylic acids is 1. The van der Waals surface area contributed by atoms with Gasteiger partial charge in [-0.3, -0.25) is 9.59 Å². The molecular weight excluding hydrogens is 244 g/mol. The molecule has 0 radical (unpaired) electrons. The van der Waals surface area contributed by atoms with Crippen LogP contribution >= 0.6 is 0 Å². The van der Waals surface area contributed by atoms with Crippen molar-refractivity contribution in [3.63, 3.8) is 0 Å². The molecule has 0 aromatic heterocycles. The number of aliphatic carboxylic acids is 1. The minimum absolute atomic E-state index is 0.00337. The Balaban J connectivity index is 2.20. The van der Waals surface area contributed by atoms with Crippen LogP contribution in [-0.2, 0) is 9.59 Å². The topological polar surface area (TPSA) is 92.4 Å². The third-order valence-corrected chi connectivity index (χ3v) is 4.02. The van der Waals surface area contributed by atoms with Crippen molar-refractivity contribution in [1.82, 2.24) is 5.32 Å². The minimum Gasteiger partial charge on any atom is -0.481 e. The van der Waals surface area contributed by atoms with Crippen LogP contribution in [0.5, 0.6) is 0 Å². The summed E-state index contributed by atoms with van der Waals surface area (Å²) >= 11 is 0. The molecule has 0 aliphatic heterocycles. The van der Waals surface area contributed by atoms with Gasteiger partial charge in [-0.05, 0) is 37.6 Å². The van der Waals surface area contributed by atoms with Crippen LogP contribution in [0.2, 0.25) is 0 Å². The molecule has 5 heteroatoms. The summed E-state index contributed by atoms with van der Waals surface area (Å²) < 4.78 is 0. The number of carbonyl (C=O) groups is 2. The molecule has 1 fully saturated rings. The van der Waals surface area contributed by atoms with Gasteiger partial charge in [-0.15, -0.1) is 0 Å². The zero-order chi connectivity index (χ0) is 14.1. The number of unbranched alkanes of at least 4 members (excludes halogenated alkanes) is 1. The number of hydrogen-bond donors (Lipinski definition) is 3. The number of nitrogens with one attached hydrogen (secondary N) is 1. The first-order valence-corrected chi connectivity index (χ1v) is 7.26. The van der Waals surface area contributed by atoms with Gasteiger partial charge in [0.2, 0.25) is 5.91 Å². The van der Waals surface area contributed by atoms with Crippen LogP contribution < -0.4 is 11.1 Å². The highest BCUT2D eigenvalue weighted by atomic mass is 16.4. The Kier molecular flexibility index (Phi) is 6.84. The maximum Gasteiger partial charge on any atom is 0.303 e. The lowest BCUT2D eigenvalue weighted by Crippen LogP contribution is -2.38. The fraction of sp³-hybridized carbons (Fsp3) is 0.857. The third kappa shape index (κ3) is 6.05. The van der Waals surface area contributed by atoms with E-state index in [1.807, 2.05) is 0 Å². The van der Waals surface area contributed by atoms with E-state index in [9.17, 15) is 9.59 Å². The highest BCUT2D eigenvalue weighted by Gasteiger charge is 2.32. The maximum absolute atomic E-state index is 11.9. The van der Waals surface area contributed by atoms with Gasteiger partial charge >= 0.3 is 5.97 Å². The van der Waals surface area contributed by atoms with E-state index >= 15 is 0 Å². The van der Waals surface area contributed by atoms with Gasteiger partial charge in [0.05, 0.1) is 0 Å². The van der Waals surface area contributed by atoms with Gasteiger partial charge in [-0.1, -0.05) is 19.3 Å². The van der Waals surface area contributed by atoms with Crippen molar-refractivity contribution in [2.24, 2.45) is 11.1 Å². The van der Waals surface area contributed by atoms with Gasteiger partial charge in [-0.2, -0.15) is 0 Å². The Bertz CT molecular complexity index is 299. The van der Waals surface area contributed by atoms with Gasteiger partial charge in [0, 0.05) is 19.4 Å². The van der Waals surface area contributed by atoms with Crippen LogP contribution in [0.4, 0.5) is 0 Å². The summed E-state index contributed by atoms with van der Waals surface area (Å²) in [5.41, 5.74) is 5.85. The number of nitrogens with two attached hydrogens (primary N) is 1. The molecule has 1 saturated carbocycles. The Morgan fingerprint density at radius 3 is 2.42 bits per heavy atom. The van der Waals surface area contributed by atoms with Crippen LogP contribution in [0.3, 0.4) is 0 Å². The highest BCUT2D eigenvalue weighted by Crippen LogP contribution is 2.38. The smallest absolute Gasteiger partial charge is 0.303 e. The Morgan fingerprint density at radius 1 is 1.16 bits per heavy atom. The minimum atomic E-state index is -0.782. The Hall–Kier alpha value is -1.10. The first kappa shape index (κ1) is 16.0. The highest BCUT2D eigenvalue weighted by molar-refractivity contribution is 5.76. The normalized spacial score (nSPS) is 17.9. The van der Waals surface area contributed by atoms with E-state index < -0.39 is 5.97 Å². The molecule has 0 aromatic carbocycles. The molecule has 4 N–H and O–H groups in total. The maximum atomic E-state index is 11.9. The fourth-order valence-electron chi connectivity index (χ4n) is 2.79. The van der Waals surface area contributed by atoms with E-state index in [-0.39, 0.29) is 17.7 Å². The zero-order valence-electron chi connectivity index (χ0n) is 11.6. The van der Waals surface area contributed by atoms with Gasteiger partial charge in [0.1, 0.15) is 0 Å². The van der Waals surface area contributed by atoms with Crippen LogP contribution in [0.1, 0.15) is 57.8 Å². The van der Waals surface area contributed by atoms with Gasteiger partial charge in [-0.25, -0.2) is 0 Å². The molecule has 19 heavy (non-hydrogen) atoms. The van der Waals surface area contributed by atoms with Gasteiger partial charge in [0.25, 0.3) is 0 Å². The van der Waals surface area contributed by atoms with E-state index in [1.165, 1.54) is 19.3 Å². The van der Waals surface area contributed by atoms with Crippen LogP contribution in [0.25, 0.3) is 0 Å². The standard InChI is InChI=1S/C14H26N2O3/c15-11-14(7-3-1-4-8-14)10-12(17)16-9-5-2-6-13(18)19/h1-11,15H2,(H,16,17)(H,18,19). The summed E-state index contributed by atoms with van der Waals surface area (Å²) in [7, 11) is 0. The molecule has 0 atom stereocenters. The second kappa shape index (κ2) is 8.15. The molecule has 1 aliphatic carbocycles. The Morgan fingerprint density at radius 2 is 1.84 bits per heavy atom. The van der Waals surface area contributed by atoms with Gasteiger partial charge < -0.3 is 16.2 Å². The summed E-state index contributed by atoms with van der Waals surface area (Å²) in [6, 6.07) is 0.